The zero-order chi connectivity index (χ0) is 8.85. The average Bonchev–Trinajstić information content (AvgIpc) is 1.98. The summed E-state index contributed by atoms with van der Waals surface area (Å²) in [4.78, 5) is 2.14. The van der Waals surface area contributed by atoms with E-state index in [1.807, 2.05) is 21.1 Å². The molecule has 2 unspecified atom stereocenters. The zero-order valence-corrected chi connectivity index (χ0v) is 7.96. The summed E-state index contributed by atoms with van der Waals surface area (Å²) in [7, 11) is 6.01. The number of hydrogen-bond donors (Lipinski definition) is 2. The Hall–Kier alpha value is -0.120. The maximum Gasteiger partial charge on any atom is 0.0446 e. The first-order valence-electron chi connectivity index (χ1n) is 4.08. The molecule has 0 bridgehead atoms. The van der Waals surface area contributed by atoms with Gasteiger partial charge < -0.3 is 15.3 Å². The zero-order valence-electron chi connectivity index (χ0n) is 7.96. The second-order valence-corrected chi connectivity index (χ2v) is 3.12. The Morgan fingerprint density at radius 3 is 2.27 bits per heavy atom. The van der Waals surface area contributed by atoms with E-state index >= 15 is 0 Å². The maximum atomic E-state index is 8.78. The van der Waals surface area contributed by atoms with Gasteiger partial charge in [0.15, 0.2) is 0 Å². The number of hydrogen-bond acceptors (Lipinski definition) is 3. The quantitative estimate of drug-likeness (QED) is 0.590. The van der Waals surface area contributed by atoms with Gasteiger partial charge in [-0.1, -0.05) is 0 Å². The first-order valence-corrected chi connectivity index (χ1v) is 4.08. The molecule has 3 nitrogen and oxygen atoms in total. The SMILES string of the molecule is CNC(C)C(CCO)N(C)C. The number of aliphatic hydroxyl groups excluding tert-OH is 1. The van der Waals surface area contributed by atoms with Crippen LogP contribution in [0.5, 0.6) is 0 Å². The first-order chi connectivity index (χ1) is 5.13. The summed E-state index contributed by atoms with van der Waals surface area (Å²) in [5.74, 6) is 0. The van der Waals surface area contributed by atoms with Gasteiger partial charge in [0.25, 0.3) is 0 Å². The minimum absolute atomic E-state index is 0.259. The van der Waals surface area contributed by atoms with E-state index in [1.165, 1.54) is 0 Å². The molecule has 0 aromatic heterocycles. The van der Waals surface area contributed by atoms with Crippen molar-refractivity contribution in [2.75, 3.05) is 27.7 Å². The Bertz CT molecular complexity index is 96.1. The minimum Gasteiger partial charge on any atom is -0.396 e. The van der Waals surface area contributed by atoms with Crippen molar-refractivity contribution in [1.29, 1.82) is 0 Å². The van der Waals surface area contributed by atoms with Crippen LogP contribution in [0.15, 0.2) is 0 Å². The van der Waals surface area contributed by atoms with Crippen LogP contribution in [-0.4, -0.2) is 49.8 Å². The summed E-state index contributed by atoms with van der Waals surface area (Å²) >= 11 is 0. The van der Waals surface area contributed by atoms with Gasteiger partial charge >= 0.3 is 0 Å². The molecular weight excluding hydrogens is 140 g/mol. The lowest BCUT2D eigenvalue weighted by molar-refractivity contribution is 0.182. The van der Waals surface area contributed by atoms with Gasteiger partial charge in [-0.05, 0) is 34.5 Å². The van der Waals surface area contributed by atoms with E-state index in [4.69, 9.17) is 5.11 Å². The highest BCUT2D eigenvalue weighted by atomic mass is 16.3. The van der Waals surface area contributed by atoms with Crippen molar-refractivity contribution >= 4 is 0 Å². The molecule has 0 radical (unpaired) electrons. The summed E-state index contributed by atoms with van der Waals surface area (Å²) in [5.41, 5.74) is 0. The molecule has 0 aromatic rings. The van der Waals surface area contributed by atoms with Crippen LogP contribution in [0.3, 0.4) is 0 Å². The molecule has 2 atom stereocenters. The lowest BCUT2D eigenvalue weighted by Gasteiger charge is -2.29. The van der Waals surface area contributed by atoms with Crippen molar-refractivity contribution in [2.45, 2.75) is 25.4 Å². The minimum atomic E-state index is 0.259. The molecule has 0 rings (SSSR count). The summed E-state index contributed by atoms with van der Waals surface area (Å²) in [5, 5.41) is 12.0. The highest BCUT2D eigenvalue weighted by molar-refractivity contribution is 4.76. The van der Waals surface area contributed by atoms with Crippen LogP contribution in [0, 0.1) is 0 Å². The van der Waals surface area contributed by atoms with Crippen molar-refractivity contribution in [1.82, 2.24) is 10.2 Å². The highest BCUT2D eigenvalue weighted by Crippen LogP contribution is 2.03. The van der Waals surface area contributed by atoms with Gasteiger partial charge in [-0.15, -0.1) is 0 Å². The molecule has 0 aliphatic carbocycles. The summed E-state index contributed by atoms with van der Waals surface area (Å²) in [6, 6.07) is 0.849. The second-order valence-electron chi connectivity index (χ2n) is 3.12. The topological polar surface area (TPSA) is 35.5 Å². The molecule has 11 heavy (non-hydrogen) atoms. The number of aliphatic hydroxyl groups is 1. The number of nitrogens with one attached hydrogen (secondary N) is 1. The van der Waals surface area contributed by atoms with Crippen LogP contribution in [-0.2, 0) is 0 Å². The maximum absolute atomic E-state index is 8.78. The molecule has 68 valence electrons. The molecule has 0 amide bonds. The molecule has 0 aliphatic rings. The van der Waals surface area contributed by atoms with E-state index in [-0.39, 0.29) is 6.61 Å². The fourth-order valence-electron chi connectivity index (χ4n) is 1.28. The molecule has 0 aliphatic heterocycles. The van der Waals surface area contributed by atoms with E-state index in [0.717, 1.165) is 6.42 Å². The fraction of sp³-hybridized carbons (Fsp3) is 1.00. The van der Waals surface area contributed by atoms with Gasteiger partial charge in [0, 0.05) is 18.7 Å². The monoisotopic (exact) mass is 160 g/mol. The normalized spacial score (nSPS) is 16.9. The molecule has 2 N–H and O–H groups in total. The number of rotatable bonds is 5. The molecule has 0 heterocycles. The predicted molar refractivity (Wildman–Crippen MR) is 47.7 cm³/mol. The molecule has 3 heteroatoms. The Balaban J connectivity index is 3.87. The summed E-state index contributed by atoms with van der Waals surface area (Å²) in [6.45, 7) is 2.38. The smallest absolute Gasteiger partial charge is 0.0446 e. The van der Waals surface area contributed by atoms with Crippen molar-refractivity contribution in [3.63, 3.8) is 0 Å². The van der Waals surface area contributed by atoms with Crippen LogP contribution < -0.4 is 5.32 Å². The summed E-state index contributed by atoms with van der Waals surface area (Å²) < 4.78 is 0. The van der Waals surface area contributed by atoms with Crippen LogP contribution in [0.2, 0.25) is 0 Å². The Morgan fingerprint density at radius 1 is 1.45 bits per heavy atom. The average molecular weight is 160 g/mol. The standard InChI is InChI=1S/C8H20N2O/c1-7(9-2)8(5-6-11)10(3)4/h7-9,11H,5-6H2,1-4H3. The third-order valence-electron chi connectivity index (χ3n) is 2.12. The molecule has 0 fully saturated rings. The van der Waals surface area contributed by atoms with Gasteiger partial charge in [-0.3, -0.25) is 0 Å². The van der Waals surface area contributed by atoms with Gasteiger partial charge in [-0.2, -0.15) is 0 Å². The van der Waals surface area contributed by atoms with E-state index in [1.54, 1.807) is 0 Å². The Labute approximate surface area is 69.4 Å². The van der Waals surface area contributed by atoms with Crippen molar-refractivity contribution in [2.24, 2.45) is 0 Å². The second kappa shape index (κ2) is 5.52. The lowest BCUT2D eigenvalue weighted by Crippen LogP contribution is -2.44. The first kappa shape index (κ1) is 10.9. The van der Waals surface area contributed by atoms with Crippen LogP contribution >= 0.6 is 0 Å². The van der Waals surface area contributed by atoms with Crippen LogP contribution in [0.4, 0.5) is 0 Å². The summed E-state index contributed by atoms with van der Waals surface area (Å²) in [6.07, 6.45) is 0.828. The van der Waals surface area contributed by atoms with Gasteiger partial charge in [-0.25, -0.2) is 0 Å². The molecule has 0 saturated heterocycles. The molecule has 0 aromatic carbocycles. The van der Waals surface area contributed by atoms with E-state index in [9.17, 15) is 0 Å². The van der Waals surface area contributed by atoms with E-state index < -0.39 is 0 Å². The third-order valence-corrected chi connectivity index (χ3v) is 2.12. The van der Waals surface area contributed by atoms with E-state index in [0.29, 0.717) is 12.1 Å². The lowest BCUT2D eigenvalue weighted by atomic mass is 10.1. The van der Waals surface area contributed by atoms with Crippen LogP contribution in [0.25, 0.3) is 0 Å². The number of nitrogens with zero attached hydrogens (tertiary/aromatic N) is 1. The Morgan fingerprint density at radius 2 is 2.00 bits per heavy atom. The van der Waals surface area contributed by atoms with Gasteiger partial charge in [0.05, 0.1) is 0 Å². The molecular formula is C8H20N2O. The third kappa shape index (κ3) is 3.70. The molecule has 0 saturated carbocycles. The highest BCUT2D eigenvalue weighted by Gasteiger charge is 2.16. The predicted octanol–water partition coefficient (Wildman–Crippen LogP) is -0.0931. The fourth-order valence-corrected chi connectivity index (χ4v) is 1.28. The van der Waals surface area contributed by atoms with Crippen molar-refractivity contribution < 1.29 is 5.11 Å². The Kier molecular flexibility index (Phi) is 5.46. The van der Waals surface area contributed by atoms with Crippen molar-refractivity contribution in [3.05, 3.63) is 0 Å². The number of likely N-dealkylation sites (N-methyl/N-ethyl adjacent to an activating group) is 2. The van der Waals surface area contributed by atoms with Gasteiger partial charge in [0.1, 0.15) is 0 Å². The largest absolute Gasteiger partial charge is 0.396 e. The van der Waals surface area contributed by atoms with Crippen molar-refractivity contribution in [3.8, 4) is 0 Å². The van der Waals surface area contributed by atoms with Gasteiger partial charge in [0.2, 0.25) is 0 Å². The molecule has 0 spiro atoms. The van der Waals surface area contributed by atoms with E-state index in [2.05, 4.69) is 17.1 Å². The van der Waals surface area contributed by atoms with Crippen LogP contribution in [0.1, 0.15) is 13.3 Å².